The minimum atomic E-state index is -2.21. The van der Waals surface area contributed by atoms with Crippen LogP contribution in [0, 0.1) is 6.92 Å². The van der Waals surface area contributed by atoms with Gasteiger partial charge in [-0.15, -0.1) is 0 Å². The summed E-state index contributed by atoms with van der Waals surface area (Å²) in [6.07, 6.45) is 0.0124. The van der Waals surface area contributed by atoms with Gasteiger partial charge < -0.3 is 23.9 Å². The predicted molar refractivity (Wildman–Crippen MR) is 85.0 cm³/mol. The molecule has 2 N–H and O–H groups in total. The Labute approximate surface area is 132 Å². The van der Waals surface area contributed by atoms with E-state index in [1.54, 1.807) is 0 Å². The molecule has 22 heavy (non-hydrogen) atoms. The number of aryl methyl sites for hydroxylation is 1. The normalized spacial score (nSPS) is 31.4. The van der Waals surface area contributed by atoms with Crippen molar-refractivity contribution in [3.05, 3.63) is 23.3 Å². The van der Waals surface area contributed by atoms with E-state index in [-0.39, 0.29) is 12.2 Å². The molecule has 6 heteroatoms. The highest BCUT2D eigenvalue weighted by Gasteiger charge is 2.47. The highest BCUT2D eigenvalue weighted by molar-refractivity contribution is 6.56. The lowest BCUT2D eigenvalue weighted by atomic mass is 10.0. The van der Waals surface area contributed by atoms with Crippen LogP contribution in [0.5, 0.6) is 11.5 Å². The first-order chi connectivity index (χ1) is 10.4. The third-order valence-corrected chi connectivity index (χ3v) is 4.26. The number of hydrogen-bond donors (Lipinski definition) is 1. The second-order valence-corrected chi connectivity index (χ2v) is 6.79. The number of fused-ring (bicyclic) bond motifs is 1. The van der Waals surface area contributed by atoms with Crippen molar-refractivity contribution in [2.45, 2.75) is 52.7 Å². The molecule has 2 unspecified atom stereocenters. The molecule has 5 nitrogen and oxygen atoms in total. The van der Waals surface area contributed by atoms with Gasteiger partial charge in [0.1, 0.15) is 11.5 Å². The zero-order chi connectivity index (χ0) is 15.9. The molecular weight excluding hydrogens is 281 g/mol. The van der Waals surface area contributed by atoms with Crippen molar-refractivity contribution in [2.24, 2.45) is 0 Å². The van der Waals surface area contributed by atoms with Crippen LogP contribution >= 0.6 is 0 Å². The molecule has 1 fully saturated rings. The predicted octanol–water partition coefficient (Wildman–Crippen LogP) is 1.71. The van der Waals surface area contributed by atoms with E-state index in [0.717, 1.165) is 30.2 Å². The summed E-state index contributed by atoms with van der Waals surface area (Å²) in [4.78, 5) is 0. The highest BCUT2D eigenvalue weighted by atomic mass is 16.9. The van der Waals surface area contributed by atoms with E-state index >= 15 is 0 Å². The maximum atomic E-state index is 6.07. The Balaban J connectivity index is 1.92. The molecule has 3 rings (SSSR count). The smallest absolute Gasteiger partial charge is 0.632 e. The van der Waals surface area contributed by atoms with E-state index in [1.165, 1.54) is 5.56 Å². The average molecular weight is 307 g/mol. The van der Waals surface area contributed by atoms with Crippen molar-refractivity contribution in [1.29, 1.82) is 0 Å². The maximum Gasteiger partial charge on any atom is 0.653 e. The summed E-state index contributed by atoms with van der Waals surface area (Å²) in [6, 6.07) is 4.18. The van der Waals surface area contributed by atoms with Crippen LogP contribution in [0.15, 0.2) is 12.1 Å². The Morgan fingerprint density at radius 2 is 1.73 bits per heavy atom. The van der Waals surface area contributed by atoms with Crippen LogP contribution in [0.1, 0.15) is 44.7 Å². The fraction of sp³-hybridized carbons (Fsp3) is 0.625. The molecule has 0 saturated carbocycles. The fourth-order valence-electron chi connectivity index (χ4n) is 3.05. The van der Waals surface area contributed by atoms with E-state index in [1.807, 2.05) is 26.8 Å². The number of nitrogens with two attached hydrogens (primary N) is 1. The average Bonchev–Trinajstić information content (AvgIpc) is 2.75. The first-order valence-corrected chi connectivity index (χ1v) is 8.21. The Hall–Kier alpha value is -1.24. The van der Waals surface area contributed by atoms with Gasteiger partial charge in [0.15, 0.2) is 0 Å². The molecule has 1 aromatic carbocycles. The van der Waals surface area contributed by atoms with Gasteiger partial charge in [-0.25, -0.2) is 0 Å². The summed E-state index contributed by atoms with van der Waals surface area (Å²) in [7, 11) is 0. The van der Waals surface area contributed by atoms with E-state index in [9.17, 15) is 0 Å². The standard InChI is InChI=1S/C16H25BNO4/c1-10(2)14-6-11(3)16-15(7-14)21-17(22-16)19-12(4)8-18-9-13(5)20-17/h6-7,10,12-13,18H,8-9H2,1-5H3/q-1/p+1. The van der Waals surface area contributed by atoms with Gasteiger partial charge in [0.05, 0.1) is 25.3 Å². The van der Waals surface area contributed by atoms with E-state index in [4.69, 9.17) is 18.6 Å². The summed E-state index contributed by atoms with van der Waals surface area (Å²) >= 11 is 0. The number of rotatable bonds is 1. The SMILES string of the molecule is Cc1cc(C(C)C)cc2c1O[B-]1(O2)OC(C)C[NH2+]CC(C)O1. The minimum Gasteiger partial charge on any atom is -0.632 e. The van der Waals surface area contributed by atoms with Gasteiger partial charge in [-0.1, -0.05) is 19.9 Å². The van der Waals surface area contributed by atoms with Crippen LogP contribution in [-0.4, -0.2) is 32.3 Å². The zero-order valence-electron chi connectivity index (χ0n) is 14.1. The van der Waals surface area contributed by atoms with Crippen molar-refractivity contribution in [2.75, 3.05) is 13.1 Å². The molecule has 2 heterocycles. The molecule has 1 spiro atoms. The van der Waals surface area contributed by atoms with Crippen LogP contribution in [0.2, 0.25) is 0 Å². The molecule has 1 aromatic rings. The molecule has 122 valence electrons. The van der Waals surface area contributed by atoms with Crippen LogP contribution in [0.3, 0.4) is 0 Å². The highest BCUT2D eigenvalue weighted by Crippen LogP contribution is 2.43. The van der Waals surface area contributed by atoms with Gasteiger partial charge in [-0.05, 0) is 43.9 Å². The molecule has 0 bridgehead atoms. The monoisotopic (exact) mass is 307 g/mol. The topological polar surface area (TPSA) is 53.5 Å². The van der Waals surface area contributed by atoms with Crippen LogP contribution in [0.25, 0.3) is 0 Å². The second kappa shape index (κ2) is 5.76. The van der Waals surface area contributed by atoms with Gasteiger partial charge in [0.2, 0.25) is 0 Å². The lowest BCUT2D eigenvalue weighted by molar-refractivity contribution is -0.667. The quantitative estimate of drug-likeness (QED) is 0.803. The largest absolute Gasteiger partial charge is 0.653 e. The molecule has 0 radical (unpaired) electrons. The number of hydrogen-bond acceptors (Lipinski definition) is 4. The molecular formula is C16H26BNO4. The second-order valence-electron chi connectivity index (χ2n) is 6.79. The number of benzene rings is 1. The lowest BCUT2D eigenvalue weighted by Crippen LogP contribution is -2.89. The summed E-state index contributed by atoms with van der Waals surface area (Å²) in [6.45, 7) is 9.93. The van der Waals surface area contributed by atoms with Crippen LogP contribution in [-0.2, 0) is 9.31 Å². The minimum absolute atomic E-state index is 0.00619. The maximum absolute atomic E-state index is 6.07. The fourth-order valence-corrected chi connectivity index (χ4v) is 3.05. The third-order valence-electron chi connectivity index (χ3n) is 4.26. The van der Waals surface area contributed by atoms with Gasteiger partial charge in [0, 0.05) is 0 Å². The third kappa shape index (κ3) is 2.96. The summed E-state index contributed by atoms with van der Waals surface area (Å²) < 4.78 is 24.1. The van der Waals surface area contributed by atoms with Crippen LogP contribution < -0.4 is 14.6 Å². The summed E-state index contributed by atoms with van der Waals surface area (Å²) in [5.41, 5.74) is 2.29. The Kier molecular flexibility index (Phi) is 4.10. The Bertz CT molecular complexity index is 551. The van der Waals surface area contributed by atoms with E-state index in [2.05, 4.69) is 25.2 Å². The molecule has 2 aliphatic heterocycles. The first-order valence-electron chi connectivity index (χ1n) is 8.21. The molecule has 1 saturated heterocycles. The van der Waals surface area contributed by atoms with Crippen molar-refractivity contribution in [3.8, 4) is 11.5 Å². The lowest BCUT2D eigenvalue weighted by Gasteiger charge is -2.40. The van der Waals surface area contributed by atoms with Crippen LogP contribution in [0.4, 0.5) is 0 Å². The van der Waals surface area contributed by atoms with Gasteiger partial charge in [0.25, 0.3) is 0 Å². The summed E-state index contributed by atoms with van der Waals surface area (Å²) in [5, 5.41) is 2.20. The van der Waals surface area contributed by atoms with Gasteiger partial charge in [-0.3, -0.25) is 0 Å². The van der Waals surface area contributed by atoms with Crippen molar-refractivity contribution >= 4 is 6.96 Å². The Morgan fingerprint density at radius 3 is 2.32 bits per heavy atom. The van der Waals surface area contributed by atoms with Crippen molar-refractivity contribution in [3.63, 3.8) is 0 Å². The van der Waals surface area contributed by atoms with Gasteiger partial charge >= 0.3 is 6.96 Å². The molecule has 0 aromatic heterocycles. The van der Waals surface area contributed by atoms with E-state index < -0.39 is 6.96 Å². The molecule has 0 amide bonds. The molecule has 0 aliphatic carbocycles. The number of quaternary nitrogens is 1. The van der Waals surface area contributed by atoms with E-state index in [0.29, 0.717) is 5.92 Å². The Morgan fingerprint density at radius 1 is 1.09 bits per heavy atom. The summed E-state index contributed by atoms with van der Waals surface area (Å²) in [5.74, 6) is 1.91. The molecule has 2 atom stereocenters. The zero-order valence-corrected chi connectivity index (χ0v) is 14.1. The first kappa shape index (κ1) is 15.7. The molecule has 2 aliphatic rings. The van der Waals surface area contributed by atoms with Gasteiger partial charge in [-0.2, -0.15) is 0 Å². The van der Waals surface area contributed by atoms with Crippen molar-refractivity contribution in [1.82, 2.24) is 0 Å². The van der Waals surface area contributed by atoms with Crippen molar-refractivity contribution < 1.29 is 23.9 Å².